The Balaban J connectivity index is 1.62. The van der Waals surface area contributed by atoms with Gasteiger partial charge in [-0.1, -0.05) is 46.3 Å². The molecule has 1 atom stereocenters. The molecular formula is C24H19BrN2O5. The third-order valence-electron chi connectivity index (χ3n) is 5.58. The van der Waals surface area contributed by atoms with Gasteiger partial charge >= 0.3 is 0 Å². The first-order chi connectivity index (χ1) is 15.3. The maximum atomic E-state index is 13.3. The quantitative estimate of drug-likeness (QED) is 0.297. The van der Waals surface area contributed by atoms with Gasteiger partial charge in [0.2, 0.25) is 0 Å². The largest absolute Gasteiger partial charge is 0.375 e. The van der Waals surface area contributed by atoms with Crippen LogP contribution in [0.2, 0.25) is 0 Å². The van der Waals surface area contributed by atoms with E-state index in [4.69, 9.17) is 0 Å². The summed E-state index contributed by atoms with van der Waals surface area (Å²) in [6.07, 6.45) is 0.128. The Morgan fingerprint density at radius 3 is 2.41 bits per heavy atom. The van der Waals surface area contributed by atoms with Crippen LogP contribution >= 0.6 is 15.9 Å². The lowest BCUT2D eigenvalue weighted by molar-refractivity contribution is -0.384. The van der Waals surface area contributed by atoms with Gasteiger partial charge in [0.15, 0.2) is 11.4 Å². The standard InChI is InChI=1S/C24H19BrN2O5/c25-18-8-11-21-20(14-18)24(30,15-22(28)17-6-9-19(10-7-17)27(31)32)23(29)26(21)13-12-16-4-2-1-3-5-16/h1-11,14,30H,12-13,15H2/t24-/m0/s1. The van der Waals surface area contributed by atoms with Crippen molar-refractivity contribution in [1.29, 1.82) is 0 Å². The van der Waals surface area contributed by atoms with E-state index in [-0.39, 0.29) is 11.3 Å². The molecule has 8 heteroatoms. The number of benzene rings is 3. The number of fused-ring (bicyclic) bond motifs is 1. The number of anilines is 1. The van der Waals surface area contributed by atoms with Crippen molar-refractivity contribution in [2.45, 2.75) is 18.4 Å². The van der Waals surface area contributed by atoms with Crippen molar-refractivity contribution in [3.05, 3.63) is 104 Å². The van der Waals surface area contributed by atoms with Crippen LogP contribution < -0.4 is 4.90 Å². The van der Waals surface area contributed by atoms with E-state index in [9.17, 15) is 24.8 Å². The maximum absolute atomic E-state index is 13.3. The molecule has 1 aliphatic rings. The smallest absolute Gasteiger partial charge is 0.269 e. The number of non-ortho nitro benzene ring substituents is 1. The van der Waals surface area contributed by atoms with Crippen molar-refractivity contribution in [2.75, 3.05) is 11.4 Å². The number of nitro groups is 1. The fourth-order valence-corrected chi connectivity index (χ4v) is 4.27. The number of hydrogen-bond acceptors (Lipinski definition) is 5. The van der Waals surface area contributed by atoms with Crippen molar-refractivity contribution in [3.63, 3.8) is 0 Å². The topological polar surface area (TPSA) is 101 Å². The van der Waals surface area contributed by atoms with Crippen LogP contribution in [0.15, 0.2) is 77.3 Å². The summed E-state index contributed by atoms with van der Waals surface area (Å²) in [5, 5.41) is 22.3. The number of ketones is 1. The Hall–Kier alpha value is -3.36. The molecule has 3 aromatic rings. The normalized spacial score (nSPS) is 17.3. The molecule has 0 unspecified atom stereocenters. The summed E-state index contributed by atoms with van der Waals surface area (Å²) in [4.78, 5) is 38.1. The number of nitrogens with zero attached hydrogens (tertiary/aromatic N) is 2. The molecule has 4 rings (SSSR count). The van der Waals surface area contributed by atoms with Gasteiger partial charge in [0, 0.05) is 34.3 Å². The minimum atomic E-state index is -2.02. The predicted octanol–water partition coefficient (Wildman–Crippen LogP) is 4.41. The average molecular weight is 495 g/mol. The van der Waals surface area contributed by atoms with E-state index in [2.05, 4.69) is 15.9 Å². The van der Waals surface area contributed by atoms with Crippen LogP contribution in [0, 0.1) is 10.1 Å². The Kier molecular flexibility index (Phi) is 5.90. The molecule has 1 heterocycles. The van der Waals surface area contributed by atoms with Gasteiger partial charge in [-0.05, 0) is 42.3 Å². The Morgan fingerprint density at radius 2 is 1.75 bits per heavy atom. The van der Waals surface area contributed by atoms with Crippen LogP contribution in [-0.4, -0.2) is 28.3 Å². The third kappa shape index (κ3) is 4.06. The number of hydrogen-bond donors (Lipinski definition) is 1. The van der Waals surface area contributed by atoms with Crippen molar-refractivity contribution < 1.29 is 19.6 Å². The highest BCUT2D eigenvalue weighted by atomic mass is 79.9. The molecule has 0 radical (unpaired) electrons. The van der Waals surface area contributed by atoms with Gasteiger partial charge in [-0.15, -0.1) is 0 Å². The number of amides is 1. The van der Waals surface area contributed by atoms with E-state index in [1.54, 1.807) is 18.2 Å². The molecule has 1 N–H and O–H groups in total. The van der Waals surface area contributed by atoms with Crippen molar-refractivity contribution in [1.82, 2.24) is 0 Å². The van der Waals surface area contributed by atoms with Crippen molar-refractivity contribution >= 4 is 39.0 Å². The lowest BCUT2D eigenvalue weighted by atomic mass is 9.88. The minimum Gasteiger partial charge on any atom is -0.375 e. The summed E-state index contributed by atoms with van der Waals surface area (Å²) in [5.41, 5.74) is 0.00800. The number of nitro benzene ring substituents is 1. The molecule has 0 saturated heterocycles. The highest BCUT2D eigenvalue weighted by Gasteiger charge is 2.50. The van der Waals surface area contributed by atoms with Crippen molar-refractivity contribution in [3.8, 4) is 0 Å². The number of Topliss-reactive ketones (excluding diaryl/α,β-unsaturated/α-hetero) is 1. The molecule has 0 saturated carbocycles. The molecule has 3 aromatic carbocycles. The molecule has 32 heavy (non-hydrogen) atoms. The summed E-state index contributed by atoms with van der Waals surface area (Å²) >= 11 is 3.38. The highest BCUT2D eigenvalue weighted by molar-refractivity contribution is 9.10. The number of halogens is 1. The van der Waals surface area contributed by atoms with Gasteiger partial charge in [0.25, 0.3) is 11.6 Å². The second-order valence-electron chi connectivity index (χ2n) is 7.62. The summed E-state index contributed by atoms with van der Waals surface area (Å²) in [5.74, 6) is -1.04. The van der Waals surface area contributed by atoms with Crippen LogP contribution in [-0.2, 0) is 16.8 Å². The fourth-order valence-electron chi connectivity index (χ4n) is 3.90. The van der Waals surface area contributed by atoms with Crippen LogP contribution in [0.1, 0.15) is 27.9 Å². The lowest BCUT2D eigenvalue weighted by Gasteiger charge is -2.23. The molecule has 162 valence electrons. The van der Waals surface area contributed by atoms with Gasteiger partial charge in [0.05, 0.1) is 17.0 Å². The van der Waals surface area contributed by atoms with Gasteiger partial charge in [0.1, 0.15) is 0 Å². The summed E-state index contributed by atoms with van der Waals surface area (Å²) in [7, 11) is 0. The zero-order chi connectivity index (χ0) is 22.9. The molecule has 0 aliphatic carbocycles. The number of aliphatic hydroxyl groups is 1. The highest BCUT2D eigenvalue weighted by Crippen LogP contribution is 2.44. The van der Waals surface area contributed by atoms with E-state index >= 15 is 0 Å². The molecule has 0 bridgehead atoms. The fraction of sp³-hybridized carbons (Fsp3) is 0.167. The zero-order valence-corrected chi connectivity index (χ0v) is 18.5. The first kappa shape index (κ1) is 21.9. The van der Waals surface area contributed by atoms with Crippen LogP contribution in [0.5, 0.6) is 0 Å². The first-order valence-corrected chi connectivity index (χ1v) is 10.7. The van der Waals surface area contributed by atoms with Gasteiger partial charge < -0.3 is 10.0 Å². The summed E-state index contributed by atoms with van der Waals surface area (Å²) in [6.45, 7) is 0.353. The van der Waals surface area contributed by atoms with Gasteiger partial charge in [-0.3, -0.25) is 19.7 Å². The average Bonchev–Trinajstić information content (AvgIpc) is 2.99. The molecule has 0 fully saturated rings. The summed E-state index contributed by atoms with van der Waals surface area (Å²) in [6, 6.07) is 20.0. The first-order valence-electron chi connectivity index (χ1n) is 9.95. The maximum Gasteiger partial charge on any atom is 0.269 e. The SMILES string of the molecule is O=C(C[C@@]1(O)C(=O)N(CCc2ccccc2)c2ccc(Br)cc21)c1ccc([N+](=O)[O-])cc1. The Bertz CT molecular complexity index is 1200. The van der Waals surface area contributed by atoms with Crippen LogP contribution in [0.3, 0.4) is 0 Å². The Labute approximate surface area is 192 Å². The van der Waals surface area contributed by atoms with E-state index < -0.39 is 28.6 Å². The predicted molar refractivity (Wildman–Crippen MR) is 123 cm³/mol. The van der Waals surface area contributed by atoms with Crippen LogP contribution in [0.25, 0.3) is 0 Å². The monoisotopic (exact) mass is 494 g/mol. The van der Waals surface area contributed by atoms with E-state index in [1.807, 2.05) is 30.3 Å². The second-order valence-corrected chi connectivity index (χ2v) is 8.53. The molecule has 0 aromatic heterocycles. The zero-order valence-electron chi connectivity index (χ0n) is 16.9. The number of rotatable bonds is 7. The molecule has 7 nitrogen and oxygen atoms in total. The molecule has 1 aliphatic heterocycles. The van der Waals surface area contributed by atoms with E-state index in [0.717, 1.165) is 5.56 Å². The molecule has 1 amide bonds. The Morgan fingerprint density at radius 1 is 1.06 bits per heavy atom. The number of carbonyl (C=O) groups excluding carboxylic acids is 2. The van der Waals surface area contributed by atoms with Gasteiger partial charge in [-0.25, -0.2) is 0 Å². The third-order valence-corrected chi connectivity index (χ3v) is 6.07. The summed E-state index contributed by atoms with van der Waals surface area (Å²) < 4.78 is 0.676. The number of carbonyl (C=O) groups is 2. The van der Waals surface area contributed by atoms with Gasteiger partial charge in [-0.2, -0.15) is 0 Å². The minimum absolute atomic E-state index is 0.140. The van der Waals surface area contributed by atoms with Crippen LogP contribution in [0.4, 0.5) is 11.4 Å². The molecule has 0 spiro atoms. The molecular weight excluding hydrogens is 476 g/mol. The van der Waals surface area contributed by atoms with Crippen molar-refractivity contribution in [2.24, 2.45) is 0 Å². The van der Waals surface area contributed by atoms with E-state index in [0.29, 0.717) is 28.7 Å². The second kappa shape index (κ2) is 8.64. The van der Waals surface area contributed by atoms with E-state index in [1.165, 1.54) is 29.2 Å². The lowest BCUT2D eigenvalue weighted by Crippen LogP contribution is -2.42.